The van der Waals surface area contributed by atoms with E-state index < -0.39 is 0 Å². The van der Waals surface area contributed by atoms with Gasteiger partial charge in [-0.25, -0.2) is 10.1 Å². The zero-order valence-corrected chi connectivity index (χ0v) is 12.9. The number of amides is 1. The van der Waals surface area contributed by atoms with E-state index in [0.29, 0.717) is 11.3 Å². The number of aromatic nitrogens is 3. The molecule has 0 atom stereocenters. The molecule has 0 unspecified atom stereocenters. The van der Waals surface area contributed by atoms with Gasteiger partial charge in [0.25, 0.3) is 5.91 Å². The van der Waals surface area contributed by atoms with Gasteiger partial charge in [-0.15, -0.1) is 5.10 Å². The average Bonchev–Trinajstić information content (AvgIpc) is 2.99. The zero-order chi connectivity index (χ0) is 16.9. The van der Waals surface area contributed by atoms with Crippen LogP contribution in [0.4, 0.5) is 0 Å². The number of para-hydroxylation sites is 1. The monoisotopic (exact) mass is 325 g/mol. The molecule has 3 rings (SSSR count). The van der Waals surface area contributed by atoms with E-state index in [1.165, 1.54) is 24.1 Å². The summed E-state index contributed by atoms with van der Waals surface area (Å²) in [6.45, 7) is 0.0107. The molecule has 3 aromatic rings. The summed E-state index contributed by atoms with van der Waals surface area (Å²) in [6, 6.07) is 12.1. The number of benzene rings is 2. The molecule has 0 saturated heterocycles. The molecule has 0 aliphatic carbocycles. The second-order valence-corrected chi connectivity index (χ2v) is 4.96. The summed E-state index contributed by atoms with van der Waals surface area (Å²) in [5.74, 6) is 0.0451. The maximum absolute atomic E-state index is 11.9. The minimum Gasteiger partial charge on any atom is -0.504 e. The minimum absolute atomic E-state index is 0.0107. The van der Waals surface area contributed by atoms with Crippen LogP contribution in [0.3, 0.4) is 0 Å². The van der Waals surface area contributed by atoms with Gasteiger partial charge in [-0.05, 0) is 35.9 Å². The molecule has 0 spiro atoms. The highest BCUT2D eigenvalue weighted by molar-refractivity contribution is 5.84. The SMILES string of the molecule is COc1cc(/C=N/NC(=O)Cn2nnc3ccccc32)ccc1O. The lowest BCUT2D eigenvalue weighted by atomic mass is 10.2. The van der Waals surface area contributed by atoms with E-state index in [1.807, 2.05) is 24.3 Å². The first-order valence-electron chi connectivity index (χ1n) is 7.14. The van der Waals surface area contributed by atoms with Crippen molar-refractivity contribution in [1.29, 1.82) is 0 Å². The number of fused-ring (bicyclic) bond motifs is 1. The van der Waals surface area contributed by atoms with E-state index in [4.69, 9.17) is 4.74 Å². The number of aromatic hydroxyl groups is 1. The highest BCUT2D eigenvalue weighted by Crippen LogP contribution is 2.25. The van der Waals surface area contributed by atoms with Gasteiger partial charge in [-0.3, -0.25) is 4.79 Å². The molecular formula is C16H15N5O3. The first-order valence-corrected chi connectivity index (χ1v) is 7.14. The van der Waals surface area contributed by atoms with Crippen molar-refractivity contribution in [2.45, 2.75) is 6.54 Å². The molecule has 2 N–H and O–H groups in total. The van der Waals surface area contributed by atoms with Crippen LogP contribution in [-0.2, 0) is 11.3 Å². The topological polar surface area (TPSA) is 102 Å². The van der Waals surface area contributed by atoms with Crippen LogP contribution in [0.2, 0.25) is 0 Å². The maximum Gasteiger partial charge on any atom is 0.261 e. The number of rotatable bonds is 5. The van der Waals surface area contributed by atoms with Gasteiger partial charge in [0, 0.05) is 0 Å². The summed E-state index contributed by atoms with van der Waals surface area (Å²) in [5.41, 5.74) is 4.61. The highest BCUT2D eigenvalue weighted by atomic mass is 16.5. The number of carbonyl (C=O) groups excluding carboxylic acids is 1. The molecule has 0 aliphatic heterocycles. The van der Waals surface area contributed by atoms with E-state index in [0.717, 1.165) is 11.0 Å². The molecule has 1 aromatic heterocycles. The molecule has 0 bridgehead atoms. The van der Waals surface area contributed by atoms with Crippen LogP contribution in [-0.4, -0.2) is 39.3 Å². The first-order chi connectivity index (χ1) is 11.7. The third-order valence-corrected chi connectivity index (χ3v) is 3.32. The summed E-state index contributed by atoms with van der Waals surface area (Å²) in [5, 5.41) is 21.3. The van der Waals surface area contributed by atoms with Crippen molar-refractivity contribution in [3.05, 3.63) is 48.0 Å². The maximum atomic E-state index is 11.9. The standard InChI is InChI=1S/C16H15N5O3/c1-24-15-8-11(6-7-14(15)22)9-17-19-16(23)10-21-13-5-3-2-4-12(13)18-20-21/h2-9,22H,10H2,1H3,(H,19,23)/b17-9+. The third-order valence-electron chi connectivity index (χ3n) is 3.32. The quantitative estimate of drug-likeness (QED) is 0.544. The van der Waals surface area contributed by atoms with Gasteiger partial charge in [0.05, 0.1) is 18.8 Å². The second kappa shape index (κ2) is 6.78. The smallest absolute Gasteiger partial charge is 0.261 e. The van der Waals surface area contributed by atoms with Crippen molar-refractivity contribution in [2.24, 2.45) is 5.10 Å². The van der Waals surface area contributed by atoms with E-state index in [2.05, 4.69) is 20.8 Å². The number of hydrogen-bond donors (Lipinski definition) is 2. The van der Waals surface area contributed by atoms with E-state index in [-0.39, 0.29) is 18.2 Å². The molecule has 1 heterocycles. The summed E-state index contributed by atoms with van der Waals surface area (Å²) in [6.07, 6.45) is 1.46. The predicted octanol–water partition coefficient (Wildman–Crippen LogP) is 1.30. The minimum atomic E-state index is -0.326. The van der Waals surface area contributed by atoms with Gasteiger partial charge in [0.2, 0.25) is 0 Å². The molecule has 0 aliphatic rings. The average molecular weight is 325 g/mol. The van der Waals surface area contributed by atoms with Crippen molar-refractivity contribution < 1.29 is 14.6 Å². The van der Waals surface area contributed by atoms with Gasteiger partial charge in [-0.2, -0.15) is 5.10 Å². The Bertz CT molecular complexity index is 904. The Hall–Kier alpha value is -3.42. The largest absolute Gasteiger partial charge is 0.504 e. The summed E-state index contributed by atoms with van der Waals surface area (Å²) >= 11 is 0. The second-order valence-electron chi connectivity index (χ2n) is 4.96. The lowest BCUT2D eigenvalue weighted by molar-refractivity contribution is -0.121. The highest BCUT2D eigenvalue weighted by Gasteiger charge is 2.07. The number of carbonyl (C=O) groups is 1. The van der Waals surface area contributed by atoms with Crippen LogP contribution in [0.1, 0.15) is 5.56 Å². The van der Waals surface area contributed by atoms with Gasteiger partial charge in [-0.1, -0.05) is 17.3 Å². The lowest BCUT2D eigenvalue weighted by Crippen LogP contribution is -2.23. The van der Waals surface area contributed by atoms with Crippen LogP contribution in [0.5, 0.6) is 11.5 Å². The van der Waals surface area contributed by atoms with Crippen molar-refractivity contribution in [3.8, 4) is 11.5 Å². The Labute approximate surface area is 137 Å². The van der Waals surface area contributed by atoms with Gasteiger partial charge < -0.3 is 9.84 Å². The Balaban J connectivity index is 1.63. The van der Waals surface area contributed by atoms with E-state index >= 15 is 0 Å². The molecule has 0 saturated carbocycles. The van der Waals surface area contributed by atoms with Crippen molar-refractivity contribution >= 4 is 23.2 Å². The van der Waals surface area contributed by atoms with E-state index in [9.17, 15) is 9.90 Å². The molecular weight excluding hydrogens is 310 g/mol. The zero-order valence-electron chi connectivity index (χ0n) is 12.9. The van der Waals surface area contributed by atoms with Gasteiger partial charge in [0.1, 0.15) is 12.1 Å². The molecule has 8 heteroatoms. The van der Waals surface area contributed by atoms with Gasteiger partial charge in [0.15, 0.2) is 11.5 Å². The summed E-state index contributed by atoms with van der Waals surface area (Å²) in [7, 11) is 1.46. The fraction of sp³-hybridized carbons (Fsp3) is 0.125. The predicted molar refractivity (Wildman–Crippen MR) is 87.9 cm³/mol. The molecule has 122 valence electrons. The van der Waals surface area contributed by atoms with Crippen molar-refractivity contribution in [2.75, 3.05) is 7.11 Å². The fourth-order valence-electron chi connectivity index (χ4n) is 2.16. The number of nitrogens with one attached hydrogen (secondary N) is 1. The number of nitrogens with zero attached hydrogens (tertiary/aromatic N) is 4. The van der Waals surface area contributed by atoms with Crippen molar-refractivity contribution in [3.63, 3.8) is 0 Å². The summed E-state index contributed by atoms with van der Waals surface area (Å²) in [4.78, 5) is 11.9. The number of methoxy groups -OCH3 is 1. The number of hydrazone groups is 1. The Morgan fingerprint density at radius 2 is 2.21 bits per heavy atom. The first kappa shape index (κ1) is 15.5. The lowest BCUT2D eigenvalue weighted by Gasteiger charge is -2.03. The number of hydrogen-bond acceptors (Lipinski definition) is 6. The molecule has 24 heavy (non-hydrogen) atoms. The molecule has 2 aromatic carbocycles. The van der Waals surface area contributed by atoms with Crippen LogP contribution in [0, 0.1) is 0 Å². The van der Waals surface area contributed by atoms with E-state index in [1.54, 1.807) is 12.1 Å². The Kier molecular flexibility index (Phi) is 4.37. The Morgan fingerprint density at radius 3 is 3.04 bits per heavy atom. The van der Waals surface area contributed by atoms with Crippen LogP contribution in [0.15, 0.2) is 47.6 Å². The Morgan fingerprint density at radius 1 is 1.38 bits per heavy atom. The summed E-state index contributed by atoms with van der Waals surface area (Å²) < 4.78 is 6.51. The van der Waals surface area contributed by atoms with Crippen molar-refractivity contribution in [1.82, 2.24) is 20.4 Å². The number of phenolic OH excluding ortho intramolecular Hbond substituents is 1. The fourth-order valence-corrected chi connectivity index (χ4v) is 2.16. The van der Waals surface area contributed by atoms with Crippen LogP contribution in [0.25, 0.3) is 11.0 Å². The van der Waals surface area contributed by atoms with Gasteiger partial charge >= 0.3 is 0 Å². The molecule has 0 fully saturated rings. The molecule has 8 nitrogen and oxygen atoms in total. The normalized spacial score (nSPS) is 11.0. The molecule has 0 radical (unpaired) electrons. The number of ether oxygens (including phenoxy) is 1. The van der Waals surface area contributed by atoms with Crippen LogP contribution >= 0.6 is 0 Å². The number of phenols is 1. The third kappa shape index (κ3) is 3.32. The molecule has 1 amide bonds. The van der Waals surface area contributed by atoms with Crippen LogP contribution < -0.4 is 10.2 Å².